The van der Waals surface area contributed by atoms with Crippen molar-refractivity contribution in [1.82, 2.24) is 5.32 Å². The molecule has 2 N–H and O–H groups in total. The summed E-state index contributed by atoms with van der Waals surface area (Å²) in [6, 6.07) is 7.18. The molecule has 17 heavy (non-hydrogen) atoms. The first kappa shape index (κ1) is 14.1. The number of hydrogen-bond acceptors (Lipinski definition) is 2. The van der Waals surface area contributed by atoms with E-state index in [0.717, 1.165) is 3.57 Å². The molecule has 0 saturated heterocycles. The topological polar surface area (TPSA) is 41.1 Å². The zero-order valence-corrected chi connectivity index (χ0v) is 10.8. The first-order chi connectivity index (χ1) is 7.87. The fourth-order valence-electron chi connectivity index (χ4n) is 1.04. The van der Waals surface area contributed by atoms with E-state index in [1.807, 2.05) is 6.07 Å². The number of hydrogen-bond donors (Lipinski definition) is 2. The second-order valence-corrected chi connectivity index (χ2v) is 4.50. The van der Waals surface area contributed by atoms with Gasteiger partial charge in [0, 0.05) is 9.26 Å². The molecular weight excluding hydrogens is 348 g/mol. The minimum atomic E-state index is -4.38. The van der Waals surface area contributed by atoms with Crippen LogP contribution >= 0.6 is 22.6 Å². The molecule has 0 aromatic heterocycles. The second kappa shape index (κ2) is 6.08. The number of benzene rings is 1. The van der Waals surface area contributed by atoms with Gasteiger partial charge in [-0.3, -0.25) is 4.79 Å². The maximum absolute atomic E-state index is 11.8. The van der Waals surface area contributed by atoms with Crippen LogP contribution in [-0.2, 0) is 4.79 Å². The van der Waals surface area contributed by atoms with Crippen LogP contribution in [0.5, 0.6) is 0 Å². The molecule has 0 atom stereocenters. The van der Waals surface area contributed by atoms with Crippen LogP contribution in [0.3, 0.4) is 0 Å². The van der Waals surface area contributed by atoms with Crippen molar-refractivity contribution in [2.75, 3.05) is 18.4 Å². The predicted octanol–water partition coefficient (Wildman–Crippen LogP) is 2.38. The van der Waals surface area contributed by atoms with Gasteiger partial charge in [-0.25, -0.2) is 0 Å². The van der Waals surface area contributed by atoms with Crippen molar-refractivity contribution in [1.29, 1.82) is 0 Å². The first-order valence-corrected chi connectivity index (χ1v) is 5.77. The summed E-state index contributed by atoms with van der Waals surface area (Å²) in [4.78, 5) is 11.1. The van der Waals surface area contributed by atoms with E-state index in [9.17, 15) is 18.0 Å². The Kier molecular flexibility index (Phi) is 5.03. The van der Waals surface area contributed by atoms with E-state index in [1.165, 1.54) is 0 Å². The molecule has 0 bridgehead atoms. The number of halogens is 4. The van der Waals surface area contributed by atoms with Gasteiger partial charge < -0.3 is 10.6 Å². The van der Waals surface area contributed by atoms with Crippen molar-refractivity contribution in [3.63, 3.8) is 0 Å². The Labute approximate surface area is 110 Å². The summed E-state index contributed by atoms with van der Waals surface area (Å²) >= 11 is 2.10. The summed E-state index contributed by atoms with van der Waals surface area (Å²) in [5.41, 5.74) is 0.694. The minimum Gasteiger partial charge on any atom is -0.376 e. The Bertz CT molecular complexity index is 395. The third kappa shape index (κ3) is 6.35. The van der Waals surface area contributed by atoms with Crippen molar-refractivity contribution >= 4 is 34.2 Å². The van der Waals surface area contributed by atoms with Crippen LogP contribution < -0.4 is 10.6 Å². The van der Waals surface area contributed by atoms with Crippen molar-refractivity contribution in [3.8, 4) is 0 Å². The van der Waals surface area contributed by atoms with Crippen LogP contribution in [0, 0.1) is 3.57 Å². The lowest BCUT2D eigenvalue weighted by Crippen LogP contribution is -2.37. The smallest absolute Gasteiger partial charge is 0.376 e. The molecule has 1 rings (SSSR count). The molecule has 0 aliphatic rings. The van der Waals surface area contributed by atoms with E-state index in [2.05, 4.69) is 27.9 Å². The molecule has 0 spiro atoms. The van der Waals surface area contributed by atoms with Gasteiger partial charge in [0.1, 0.15) is 6.54 Å². The molecule has 0 unspecified atom stereocenters. The molecule has 1 aromatic carbocycles. The molecule has 0 fully saturated rings. The fraction of sp³-hybridized carbons (Fsp3) is 0.300. The highest BCUT2D eigenvalue weighted by Gasteiger charge is 2.27. The Morgan fingerprint density at radius 2 is 2.06 bits per heavy atom. The molecule has 7 heteroatoms. The molecule has 1 aromatic rings. The zero-order chi connectivity index (χ0) is 12.9. The normalized spacial score (nSPS) is 11.1. The Morgan fingerprint density at radius 1 is 1.35 bits per heavy atom. The number of alkyl halides is 3. The Hall–Kier alpha value is -0.990. The van der Waals surface area contributed by atoms with Gasteiger partial charge in [-0.05, 0) is 40.8 Å². The number of rotatable bonds is 4. The van der Waals surface area contributed by atoms with E-state index in [4.69, 9.17) is 0 Å². The second-order valence-electron chi connectivity index (χ2n) is 3.26. The van der Waals surface area contributed by atoms with E-state index in [1.54, 1.807) is 23.5 Å². The monoisotopic (exact) mass is 358 g/mol. The summed E-state index contributed by atoms with van der Waals surface area (Å²) < 4.78 is 36.4. The van der Waals surface area contributed by atoms with Gasteiger partial charge in [-0.15, -0.1) is 0 Å². The van der Waals surface area contributed by atoms with Gasteiger partial charge >= 0.3 is 6.18 Å². The van der Waals surface area contributed by atoms with E-state index in [-0.39, 0.29) is 6.54 Å². The highest BCUT2D eigenvalue weighted by molar-refractivity contribution is 14.1. The number of carbonyl (C=O) groups excluding carboxylic acids is 1. The average molecular weight is 358 g/mol. The van der Waals surface area contributed by atoms with Crippen molar-refractivity contribution < 1.29 is 18.0 Å². The van der Waals surface area contributed by atoms with E-state index >= 15 is 0 Å². The predicted molar refractivity (Wildman–Crippen MR) is 66.7 cm³/mol. The maximum Gasteiger partial charge on any atom is 0.405 e. The summed E-state index contributed by atoms with van der Waals surface area (Å²) in [6.07, 6.45) is -4.38. The number of amides is 1. The number of carbonyl (C=O) groups is 1. The summed E-state index contributed by atoms with van der Waals surface area (Å²) in [5.74, 6) is -0.693. The lowest BCUT2D eigenvalue weighted by Gasteiger charge is -2.09. The van der Waals surface area contributed by atoms with Gasteiger partial charge in [0.05, 0.1) is 6.54 Å². The van der Waals surface area contributed by atoms with Gasteiger partial charge in [-0.1, -0.05) is 6.07 Å². The summed E-state index contributed by atoms with van der Waals surface area (Å²) in [7, 11) is 0. The first-order valence-electron chi connectivity index (χ1n) is 4.70. The Morgan fingerprint density at radius 3 is 2.65 bits per heavy atom. The van der Waals surface area contributed by atoms with Crippen molar-refractivity contribution in [2.45, 2.75) is 6.18 Å². The standard InChI is InChI=1S/C10H10F3IN2O/c11-10(12,13)6-16-9(17)5-15-8-3-1-2-7(14)4-8/h1-4,15H,5-6H2,(H,16,17). The molecule has 0 aliphatic heterocycles. The van der Waals surface area contributed by atoms with Gasteiger partial charge in [-0.2, -0.15) is 13.2 Å². The molecule has 94 valence electrons. The Balaban J connectivity index is 2.33. The average Bonchev–Trinajstić information content (AvgIpc) is 2.23. The molecule has 1 amide bonds. The van der Waals surface area contributed by atoms with Crippen LogP contribution in [-0.4, -0.2) is 25.2 Å². The van der Waals surface area contributed by atoms with Crippen LogP contribution in [0.4, 0.5) is 18.9 Å². The molecule has 0 saturated carbocycles. The van der Waals surface area contributed by atoms with Crippen LogP contribution in [0.15, 0.2) is 24.3 Å². The molecular formula is C10H10F3IN2O. The quantitative estimate of drug-likeness (QED) is 0.812. The van der Waals surface area contributed by atoms with Crippen molar-refractivity contribution in [3.05, 3.63) is 27.8 Å². The minimum absolute atomic E-state index is 0.184. The number of anilines is 1. The lowest BCUT2D eigenvalue weighted by atomic mass is 10.3. The molecule has 0 radical (unpaired) electrons. The third-order valence-corrected chi connectivity index (χ3v) is 2.43. The van der Waals surface area contributed by atoms with Crippen LogP contribution in [0.2, 0.25) is 0 Å². The highest BCUT2D eigenvalue weighted by atomic mass is 127. The largest absolute Gasteiger partial charge is 0.405 e. The van der Waals surface area contributed by atoms with Crippen LogP contribution in [0.1, 0.15) is 0 Å². The molecule has 3 nitrogen and oxygen atoms in total. The molecule has 0 heterocycles. The summed E-state index contributed by atoms with van der Waals surface area (Å²) in [6.45, 7) is -1.49. The van der Waals surface area contributed by atoms with E-state index < -0.39 is 18.6 Å². The SMILES string of the molecule is O=C(CNc1cccc(I)c1)NCC(F)(F)F. The van der Waals surface area contributed by atoms with Crippen molar-refractivity contribution in [2.24, 2.45) is 0 Å². The summed E-state index contributed by atoms with van der Waals surface area (Å²) in [5, 5.41) is 4.52. The van der Waals surface area contributed by atoms with Gasteiger partial charge in [0.15, 0.2) is 0 Å². The number of nitrogens with one attached hydrogen (secondary N) is 2. The zero-order valence-electron chi connectivity index (χ0n) is 8.64. The van der Waals surface area contributed by atoms with Gasteiger partial charge in [0.25, 0.3) is 0 Å². The third-order valence-electron chi connectivity index (χ3n) is 1.76. The van der Waals surface area contributed by atoms with Crippen LogP contribution in [0.25, 0.3) is 0 Å². The maximum atomic E-state index is 11.8. The highest BCUT2D eigenvalue weighted by Crippen LogP contribution is 2.13. The van der Waals surface area contributed by atoms with Gasteiger partial charge in [0.2, 0.25) is 5.91 Å². The fourth-order valence-corrected chi connectivity index (χ4v) is 1.59. The lowest BCUT2D eigenvalue weighted by molar-refractivity contribution is -0.137. The molecule has 0 aliphatic carbocycles. The van der Waals surface area contributed by atoms with E-state index in [0.29, 0.717) is 5.69 Å².